The van der Waals surface area contributed by atoms with Gasteiger partial charge >= 0.3 is 0 Å². The van der Waals surface area contributed by atoms with Crippen molar-refractivity contribution in [2.45, 2.75) is 0 Å². The van der Waals surface area contributed by atoms with Gasteiger partial charge in [-0.2, -0.15) is 0 Å². The van der Waals surface area contributed by atoms with Gasteiger partial charge in [-0.3, -0.25) is 4.79 Å². The number of hydrogen-bond donors (Lipinski definition) is 3. The average molecular weight is 235 g/mol. The summed E-state index contributed by atoms with van der Waals surface area (Å²) in [7, 11) is 0. The first-order valence-corrected chi connectivity index (χ1v) is 5.28. The molecular formula is C10H9N3O2S. The van der Waals surface area contributed by atoms with E-state index in [4.69, 9.17) is 5.73 Å². The van der Waals surface area contributed by atoms with E-state index in [1.54, 1.807) is 24.3 Å². The Labute approximate surface area is 95.6 Å². The van der Waals surface area contributed by atoms with E-state index in [2.05, 4.69) is 10.3 Å². The van der Waals surface area contributed by atoms with Gasteiger partial charge in [-0.05, 0) is 12.1 Å². The van der Waals surface area contributed by atoms with Crippen molar-refractivity contribution in [3.8, 4) is 5.75 Å². The maximum atomic E-state index is 10.8. The number of benzene rings is 1. The van der Waals surface area contributed by atoms with Crippen LogP contribution in [0.1, 0.15) is 9.67 Å². The van der Waals surface area contributed by atoms with Crippen molar-refractivity contribution in [2.75, 3.05) is 5.32 Å². The molecule has 2 rings (SSSR count). The maximum Gasteiger partial charge on any atom is 0.260 e. The van der Waals surface area contributed by atoms with Gasteiger partial charge in [0.25, 0.3) is 5.91 Å². The molecule has 0 bridgehead atoms. The Kier molecular flexibility index (Phi) is 2.74. The van der Waals surface area contributed by atoms with Gasteiger partial charge in [0.05, 0.1) is 6.20 Å². The number of nitrogens with two attached hydrogens (primary N) is 1. The number of hydrogen-bond acceptors (Lipinski definition) is 5. The largest absolute Gasteiger partial charge is 0.508 e. The topological polar surface area (TPSA) is 88.2 Å². The summed E-state index contributed by atoms with van der Waals surface area (Å²) in [4.78, 5) is 15.2. The fraction of sp³-hybridized carbons (Fsp3) is 0. The van der Waals surface area contributed by atoms with Crippen LogP contribution >= 0.6 is 11.3 Å². The van der Waals surface area contributed by atoms with Crippen molar-refractivity contribution in [3.05, 3.63) is 35.3 Å². The minimum absolute atomic E-state index is 0.164. The molecule has 0 saturated heterocycles. The van der Waals surface area contributed by atoms with Crippen LogP contribution in [0, 0.1) is 0 Å². The molecule has 0 aliphatic carbocycles. The number of aromatic hydroxyl groups is 1. The summed E-state index contributed by atoms with van der Waals surface area (Å²) >= 11 is 1.16. The number of carbonyl (C=O) groups is 1. The number of amides is 1. The maximum absolute atomic E-state index is 10.8. The molecule has 4 N–H and O–H groups in total. The lowest BCUT2D eigenvalue weighted by Crippen LogP contribution is -2.08. The summed E-state index contributed by atoms with van der Waals surface area (Å²) in [5, 5.41) is 12.8. The third kappa shape index (κ3) is 2.29. The van der Waals surface area contributed by atoms with Gasteiger partial charge in [0.15, 0.2) is 5.13 Å². The van der Waals surface area contributed by atoms with E-state index >= 15 is 0 Å². The van der Waals surface area contributed by atoms with Crippen molar-refractivity contribution in [3.63, 3.8) is 0 Å². The molecule has 0 saturated carbocycles. The third-order valence-electron chi connectivity index (χ3n) is 1.85. The number of anilines is 2. The summed E-state index contributed by atoms with van der Waals surface area (Å²) in [5.41, 5.74) is 5.81. The van der Waals surface area contributed by atoms with Crippen molar-refractivity contribution >= 4 is 28.1 Å². The predicted octanol–water partition coefficient (Wildman–Crippen LogP) is 1.69. The van der Waals surface area contributed by atoms with E-state index in [-0.39, 0.29) is 5.75 Å². The van der Waals surface area contributed by atoms with Crippen LogP contribution < -0.4 is 11.1 Å². The Morgan fingerprint density at radius 2 is 2.31 bits per heavy atom. The van der Waals surface area contributed by atoms with E-state index in [9.17, 15) is 9.90 Å². The zero-order valence-electron chi connectivity index (χ0n) is 8.18. The summed E-state index contributed by atoms with van der Waals surface area (Å²) < 4.78 is 0. The van der Waals surface area contributed by atoms with Gasteiger partial charge in [0.1, 0.15) is 10.6 Å². The Bertz CT molecular complexity index is 524. The minimum Gasteiger partial charge on any atom is -0.508 e. The highest BCUT2D eigenvalue weighted by atomic mass is 32.1. The number of nitrogens with zero attached hydrogens (tertiary/aromatic N) is 1. The first-order valence-electron chi connectivity index (χ1n) is 4.47. The van der Waals surface area contributed by atoms with E-state index in [1.807, 2.05) is 0 Å². The van der Waals surface area contributed by atoms with Crippen molar-refractivity contribution in [1.29, 1.82) is 0 Å². The number of rotatable bonds is 3. The van der Waals surface area contributed by atoms with Crippen molar-refractivity contribution in [1.82, 2.24) is 4.98 Å². The molecule has 0 spiro atoms. The van der Waals surface area contributed by atoms with E-state index in [0.29, 0.717) is 15.7 Å². The van der Waals surface area contributed by atoms with Crippen molar-refractivity contribution < 1.29 is 9.90 Å². The van der Waals surface area contributed by atoms with Crippen molar-refractivity contribution in [2.24, 2.45) is 5.73 Å². The third-order valence-corrected chi connectivity index (χ3v) is 2.77. The highest BCUT2D eigenvalue weighted by Gasteiger charge is 2.06. The number of carbonyl (C=O) groups excluding carboxylic acids is 1. The molecule has 1 amide bonds. The normalized spacial score (nSPS) is 10.0. The zero-order chi connectivity index (χ0) is 11.5. The molecule has 1 heterocycles. The Balaban J connectivity index is 2.17. The molecule has 5 nitrogen and oxygen atoms in total. The summed E-state index contributed by atoms with van der Waals surface area (Å²) in [5.74, 6) is -0.335. The van der Waals surface area contributed by atoms with Gasteiger partial charge in [-0.15, -0.1) is 0 Å². The number of primary amides is 1. The van der Waals surface area contributed by atoms with Crippen LogP contribution in [-0.2, 0) is 0 Å². The fourth-order valence-corrected chi connectivity index (χ4v) is 1.84. The zero-order valence-corrected chi connectivity index (χ0v) is 8.99. The average Bonchev–Trinajstić information content (AvgIpc) is 2.66. The first kappa shape index (κ1) is 10.4. The molecule has 0 radical (unpaired) electrons. The molecule has 16 heavy (non-hydrogen) atoms. The molecular weight excluding hydrogens is 226 g/mol. The van der Waals surface area contributed by atoms with E-state index in [1.165, 1.54) is 6.20 Å². The van der Waals surface area contributed by atoms with Crippen LogP contribution in [0.4, 0.5) is 10.8 Å². The Hall–Kier alpha value is -2.08. The smallest absolute Gasteiger partial charge is 0.260 e. The SMILES string of the molecule is NC(=O)c1cnc(Nc2cccc(O)c2)s1. The highest BCUT2D eigenvalue weighted by Crippen LogP contribution is 2.24. The summed E-state index contributed by atoms with van der Waals surface area (Å²) in [6.45, 7) is 0. The number of thiazole rings is 1. The van der Waals surface area contributed by atoms with Crippen LogP contribution in [0.3, 0.4) is 0 Å². The Morgan fingerprint density at radius 3 is 2.94 bits per heavy atom. The summed E-state index contributed by atoms with van der Waals surface area (Å²) in [6, 6.07) is 6.62. The molecule has 0 unspecified atom stereocenters. The Morgan fingerprint density at radius 1 is 1.50 bits per heavy atom. The minimum atomic E-state index is -0.499. The van der Waals surface area contributed by atoms with Gasteiger partial charge in [-0.1, -0.05) is 17.4 Å². The second kappa shape index (κ2) is 4.19. The number of phenols is 1. The molecule has 0 atom stereocenters. The van der Waals surface area contributed by atoms with Gasteiger partial charge in [0, 0.05) is 11.8 Å². The fourth-order valence-electron chi connectivity index (χ4n) is 1.15. The van der Waals surface area contributed by atoms with Crippen LogP contribution in [0.15, 0.2) is 30.5 Å². The summed E-state index contributed by atoms with van der Waals surface area (Å²) in [6.07, 6.45) is 1.41. The molecule has 0 aliphatic heterocycles. The van der Waals surface area contributed by atoms with Gasteiger partial charge < -0.3 is 16.2 Å². The van der Waals surface area contributed by atoms with Crippen LogP contribution in [0.2, 0.25) is 0 Å². The monoisotopic (exact) mass is 235 g/mol. The molecule has 0 fully saturated rings. The van der Waals surface area contributed by atoms with Crippen LogP contribution in [-0.4, -0.2) is 16.0 Å². The molecule has 0 aliphatic rings. The number of phenolic OH excluding ortho intramolecular Hbond substituents is 1. The van der Waals surface area contributed by atoms with Crippen LogP contribution in [0.25, 0.3) is 0 Å². The second-order valence-corrected chi connectivity index (χ2v) is 4.10. The molecule has 6 heteroatoms. The highest BCUT2D eigenvalue weighted by molar-refractivity contribution is 7.17. The first-order chi connectivity index (χ1) is 7.65. The predicted molar refractivity (Wildman–Crippen MR) is 62.0 cm³/mol. The van der Waals surface area contributed by atoms with Gasteiger partial charge in [-0.25, -0.2) is 4.98 Å². The van der Waals surface area contributed by atoms with Gasteiger partial charge in [0.2, 0.25) is 0 Å². The molecule has 1 aromatic carbocycles. The number of aromatic nitrogens is 1. The number of nitrogens with one attached hydrogen (secondary N) is 1. The molecule has 82 valence electrons. The van der Waals surface area contributed by atoms with E-state index < -0.39 is 5.91 Å². The molecule has 2 aromatic rings. The van der Waals surface area contributed by atoms with Crippen LogP contribution in [0.5, 0.6) is 5.75 Å². The second-order valence-electron chi connectivity index (χ2n) is 3.07. The standard InChI is InChI=1S/C10H9N3O2S/c11-9(15)8-5-12-10(16-8)13-6-2-1-3-7(14)4-6/h1-5,14H,(H2,11,15)(H,12,13). The van der Waals surface area contributed by atoms with E-state index in [0.717, 1.165) is 11.3 Å². The lowest BCUT2D eigenvalue weighted by Gasteiger charge is -2.01. The molecule has 1 aromatic heterocycles. The lowest BCUT2D eigenvalue weighted by atomic mass is 10.3. The lowest BCUT2D eigenvalue weighted by molar-refractivity contribution is 0.100. The quantitative estimate of drug-likeness (QED) is 0.755.